The Morgan fingerprint density at radius 2 is 2.06 bits per heavy atom. The summed E-state index contributed by atoms with van der Waals surface area (Å²) in [6, 6.07) is 3.86. The summed E-state index contributed by atoms with van der Waals surface area (Å²) in [6.45, 7) is 10.6. The molecule has 1 atom stereocenters. The average Bonchev–Trinajstić information content (AvgIpc) is 3.21. The molecule has 1 saturated heterocycles. The van der Waals surface area contributed by atoms with Crippen molar-refractivity contribution in [3.8, 4) is 0 Å². The molecule has 0 bridgehead atoms. The van der Waals surface area contributed by atoms with E-state index in [0.29, 0.717) is 24.4 Å². The Morgan fingerprint density at radius 3 is 2.81 bits per heavy atom. The van der Waals surface area contributed by atoms with Crippen molar-refractivity contribution in [1.29, 1.82) is 0 Å². The molecule has 3 aliphatic rings. The fourth-order valence-corrected chi connectivity index (χ4v) is 5.59. The Labute approximate surface area is 191 Å². The van der Waals surface area contributed by atoms with Gasteiger partial charge in [-0.15, -0.1) is 0 Å². The van der Waals surface area contributed by atoms with Gasteiger partial charge in [0, 0.05) is 37.2 Å². The predicted molar refractivity (Wildman–Crippen MR) is 125 cm³/mol. The molecule has 32 heavy (non-hydrogen) atoms. The van der Waals surface area contributed by atoms with Gasteiger partial charge in [-0.3, -0.25) is 9.69 Å². The van der Waals surface area contributed by atoms with Crippen LogP contribution in [-0.2, 0) is 34.5 Å². The number of nitrogens with zero attached hydrogens (tertiary/aromatic N) is 3. The fourth-order valence-electron chi connectivity index (χ4n) is 5.59. The lowest BCUT2D eigenvalue weighted by Gasteiger charge is -2.37. The summed E-state index contributed by atoms with van der Waals surface area (Å²) < 4.78 is 14.4. The van der Waals surface area contributed by atoms with Crippen LogP contribution in [0.4, 0.5) is 5.82 Å². The van der Waals surface area contributed by atoms with E-state index in [-0.39, 0.29) is 17.6 Å². The molecule has 0 N–H and O–H groups in total. The number of anilines is 1. The van der Waals surface area contributed by atoms with E-state index in [1.807, 2.05) is 13.8 Å². The number of amides is 1. The number of hydrogen-bond acceptors (Lipinski definition) is 4. The number of fused-ring (bicyclic) bond motifs is 3. The molecule has 0 saturated carbocycles. The number of ether oxygens (including phenoxy) is 2. The van der Waals surface area contributed by atoms with Crippen LogP contribution in [0.1, 0.15) is 74.3 Å². The Balaban J connectivity index is 1.48. The van der Waals surface area contributed by atoms with E-state index in [1.165, 1.54) is 11.3 Å². The fraction of sp³-hybridized carbons (Fsp3) is 0.600. The zero-order chi connectivity index (χ0) is 22.7. The molecular weight excluding hydrogens is 401 g/mol. The third-order valence-electron chi connectivity index (χ3n) is 7.01. The predicted octanol–water partition coefficient (Wildman–Crippen LogP) is 3.24. The lowest BCUT2D eigenvalue weighted by Crippen LogP contribution is -2.44. The maximum atomic E-state index is 13.6. The number of hydrogen-bond donors (Lipinski definition) is 0. The highest BCUT2D eigenvalue weighted by atomic mass is 16.7. The summed E-state index contributed by atoms with van der Waals surface area (Å²) in [5, 5.41) is 0. The molecule has 2 aliphatic heterocycles. The molecule has 4 heterocycles. The maximum Gasteiger partial charge on any atom is 0.276 e. The largest absolute Gasteiger partial charge is 0.353 e. The smallest absolute Gasteiger partial charge is 0.276 e. The van der Waals surface area contributed by atoms with Crippen molar-refractivity contribution >= 4 is 25.0 Å². The van der Waals surface area contributed by atoms with Crippen molar-refractivity contribution in [1.82, 2.24) is 9.55 Å². The summed E-state index contributed by atoms with van der Waals surface area (Å²) >= 11 is 0. The van der Waals surface area contributed by atoms with Gasteiger partial charge >= 0.3 is 0 Å². The summed E-state index contributed by atoms with van der Waals surface area (Å²) in [6.07, 6.45) is 6.43. The van der Waals surface area contributed by atoms with Gasteiger partial charge in [0.25, 0.3) is 5.91 Å². The highest BCUT2D eigenvalue weighted by Crippen LogP contribution is 2.40. The summed E-state index contributed by atoms with van der Waals surface area (Å²) in [4.78, 5) is 20.0. The molecule has 1 aliphatic carbocycles. The first kappa shape index (κ1) is 21.7. The van der Waals surface area contributed by atoms with Crippen molar-refractivity contribution in [3.63, 3.8) is 0 Å². The Kier molecular flexibility index (Phi) is 5.25. The molecule has 168 valence electrons. The van der Waals surface area contributed by atoms with Crippen LogP contribution in [0.5, 0.6) is 0 Å². The van der Waals surface area contributed by atoms with Gasteiger partial charge < -0.3 is 14.0 Å². The highest BCUT2D eigenvalue weighted by Gasteiger charge is 2.39. The van der Waals surface area contributed by atoms with Gasteiger partial charge in [-0.05, 0) is 63.0 Å². The molecule has 1 fully saturated rings. The molecule has 1 amide bonds. The average molecular weight is 433 g/mol. The van der Waals surface area contributed by atoms with Crippen molar-refractivity contribution in [2.45, 2.75) is 78.2 Å². The van der Waals surface area contributed by atoms with Crippen molar-refractivity contribution in [2.75, 3.05) is 18.1 Å². The van der Waals surface area contributed by atoms with Crippen LogP contribution >= 0.6 is 0 Å². The van der Waals surface area contributed by atoms with Crippen LogP contribution in [0, 0.1) is 5.41 Å². The van der Waals surface area contributed by atoms with E-state index < -0.39 is 5.60 Å². The van der Waals surface area contributed by atoms with E-state index in [4.69, 9.17) is 17.3 Å². The van der Waals surface area contributed by atoms with Gasteiger partial charge in [-0.1, -0.05) is 25.4 Å². The maximum absolute atomic E-state index is 13.6. The van der Waals surface area contributed by atoms with Crippen LogP contribution in [0.25, 0.3) is 0 Å². The second kappa shape index (κ2) is 7.74. The van der Waals surface area contributed by atoms with Crippen molar-refractivity contribution in [2.24, 2.45) is 5.41 Å². The van der Waals surface area contributed by atoms with Gasteiger partial charge in [0.1, 0.15) is 19.4 Å². The van der Waals surface area contributed by atoms with Crippen LogP contribution in [0.2, 0.25) is 0 Å². The van der Waals surface area contributed by atoms with Gasteiger partial charge in [0.2, 0.25) is 0 Å². The third kappa shape index (κ3) is 3.69. The topological polar surface area (TPSA) is 56.6 Å². The molecule has 0 spiro atoms. The first-order chi connectivity index (χ1) is 15.2. The monoisotopic (exact) mass is 433 g/mol. The summed E-state index contributed by atoms with van der Waals surface area (Å²) in [5.41, 5.74) is 4.21. The number of pyridine rings is 1. The van der Waals surface area contributed by atoms with Gasteiger partial charge in [0.15, 0.2) is 6.29 Å². The Hall–Kier alpha value is -2.12. The van der Waals surface area contributed by atoms with Gasteiger partial charge in [0.05, 0.1) is 5.60 Å². The van der Waals surface area contributed by atoms with E-state index in [2.05, 4.69) is 29.5 Å². The minimum absolute atomic E-state index is 0.0208. The van der Waals surface area contributed by atoms with E-state index in [9.17, 15) is 4.79 Å². The Bertz CT molecular complexity index is 1050. The second-order valence-electron chi connectivity index (χ2n) is 10.7. The molecule has 6 nitrogen and oxygen atoms in total. The number of aromatic nitrogens is 2. The van der Waals surface area contributed by atoms with E-state index in [0.717, 1.165) is 49.9 Å². The molecule has 0 aromatic carbocycles. The normalized spacial score (nSPS) is 22.7. The Morgan fingerprint density at radius 1 is 1.25 bits per heavy atom. The van der Waals surface area contributed by atoms with Gasteiger partial charge in [-0.2, -0.15) is 0 Å². The number of rotatable bonds is 4. The van der Waals surface area contributed by atoms with Crippen molar-refractivity contribution in [3.05, 3.63) is 40.8 Å². The standard InChI is InChI=1S/C25H32BN3O3/c1-24(2)14-16-13-18-23(30)29(11-10-28(18)19(16)15-24)22-21(17(26)8-9-27-22)25(3,4)32-20-7-5-6-12-31-20/h8-9,13,20H,5-7,10-12,14-15H2,1-4H3. The SMILES string of the molecule is [B]c1ccnc(N2CCn3c(cc4c3CC(C)(C)C4)C2=O)c1C(C)(C)OC1CCCCO1. The number of carbonyl (C=O) groups is 1. The quantitative estimate of drug-likeness (QED) is 0.695. The van der Waals surface area contributed by atoms with Crippen molar-refractivity contribution < 1.29 is 14.3 Å². The first-order valence-corrected chi connectivity index (χ1v) is 11.7. The number of carbonyl (C=O) groups excluding carboxylic acids is 1. The van der Waals surface area contributed by atoms with E-state index >= 15 is 0 Å². The molecular formula is C25H32BN3O3. The lowest BCUT2D eigenvalue weighted by molar-refractivity contribution is -0.218. The molecule has 2 aromatic heterocycles. The minimum Gasteiger partial charge on any atom is -0.353 e. The van der Waals surface area contributed by atoms with Crippen LogP contribution < -0.4 is 10.4 Å². The zero-order valence-corrected chi connectivity index (χ0v) is 19.6. The first-order valence-electron chi connectivity index (χ1n) is 11.7. The molecule has 7 heteroatoms. The van der Waals surface area contributed by atoms with Crippen LogP contribution in [0.15, 0.2) is 18.3 Å². The molecule has 1 unspecified atom stereocenters. The summed E-state index contributed by atoms with van der Waals surface area (Å²) in [5.74, 6) is 0.566. The van der Waals surface area contributed by atoms with Crippen LogP contribution in [0.3, 0.4) is 0 Å². The molecule has 2 aromatic rings. The molecule has 5 rings (SSSR count). The third-order valence-corrected chi connectivity index (χ3v) is 7.01. The zero-order valence-electron chi connectivity index (χ0n) is 19.6. The lowest BCUT2D eigenvalue weighted by atomic mass is 9.83. The minimum atomic E-state index is -0.749. The second-order valence-corrected chi connectivity index (χ2v) is 10.7. The van der Waals surface area contributed by atoms with Crippen LogP contribution in [-0.4, -0.2) is 42.7 Å². The molecule has 2 radical (unpaired) electrons. The van der Waals surface area contributed by atoms with E-state index in [1.54, 1.807) is 17.2 Å². The highest BCUT2D eigenvalue weighted by molar-refractivity contribution is 6.34. The summed E-state index contributed by atoms with van der Waals surface area (Å²) in [7, 11) is 6.44. The van der Waals surface area contributed by atoms with Gasteiger partial charge in [-0.25, -0.2) is 4.98 Å².